The highest BCUT2D eigenvalue weighted by molar-refractivity contribution is 5.73. The van der Waals surface area contributed by atoms with Crippen LogP contribution in [-0.2, 0) is 20.1 Å². The number of aryl methyl sites for hydroxylation is 1. The van der Waals surface area contributed by atoms with Gasteiger partial charge in [-0.15, -0.1) is 0 Å². The van der Waals surface area contributed by atoms with Crippen LogP contribution >= 0.6 is 0 Å². The lowest BCUT2D eigenvalue weighted by Crippen LogP contribution is -2.34. The maximum Gasteiger partial charge on any atom is 0.315 e. The summed E-state index contributed by atoms with van der Waals surface area (Å²) in [6.45, 7) is 4.36. The number of ether oxygens (including phenoxy) is 1. The molecule has 124 valence electrons. The number of amides is 2. The summed E-state index contributed by atoms with van der Waals surface area (Å²) >= 11 is 0. The van der Waals surface area contributed by atoms with Crippen LogP contribution in [0.3, 0.4) is 0 Å². The molecule has 0 saturated heterocycles. The van der Waals surface area contributed by atoms with E-state index >= 15 is 0 Å². The molecule has 0 spiro atoms. The van der Waals surface area contributed by atoms with Crippen molar-refractivity contribution in [3.8, 4) is 5.75 Å². The summed E-state index contributed by atoms with van der Waals surface area (Å²) in [7, 11) is 1.92. The normalized spacial score (nSPS) is 10.7. The molecule has 0 atom stereocenters. The Labute approximate surface area is 135 Å². The molecule has 0 aliphatic rings. The molecule has 6 heteroatoms. The van der Waals surface area contributed by atoms with Crippen molar-refractivity contribution in [2.24, 2.45) is 7.05 Å². The van der Waals surface area contributed by atoms with Gasteiger partial charge in [-0.05, 0) is 43.7 Å². The Hall–Kier alpha value is -2.50. The summed E-state index contributed by atoms with van der Waals surface area (Å²) in [5.41, 5.74) is 1.68. The minimum Gasteiger partial charge on any atom is -0.488 e. The van der Waals surface area contributed by atoms with Gasteiger partial charge in [-0.1, -0.05) is 6.07 Å². The largest absolute Gasteiger partial charge is 0.488 e. The first kappa shape index (κ1) is 16.9. The average molecular weight is 319 g/mol. The third-order valence-corrected chi connectivity index (χ3v) is 3.29. The van der Waals surface area contributed by atoms with Crippen LogP contribution < -0.4 is 15.4 Å². The Kier molecular flexibility index (Phi) is 5.62. The second-order valence-corrected chi connectivity index (χ2v) is 5.58. The number of benzene rings is 1. The number of carbonyl (C=O) groups is 1. The van der Waals surface area contributed by atoms with Crippen molar-refractivity contribution in [2.75, 3.05) is 0 Å². The lowest BCUT2D eigenvalue weighted by atomic mass is 10.2. The lowest BCUT2D eigenvalue weighted by molar-refractivity contribution is 0.231. The highest BCUT2D eigenvalue weighted by Crippen LogP contribution is 2.19. The van der Waals surface area contributed by atoms with E-state index in [1.807, 2.05) is 43.8 Å². The molecule has 2 N–H and O–H groups in total. The first-order chi connectivity index (χ1) is 11.0. The number of hydrogen-bond donors (Lipinski definition) is 2. The number of nitrogens with one attached hydrogen (secondary N) is 2. The van der Waals surface area contributed by atoms with Crippen molar-refractivity contribution in [3.63, 3.8) is 0 Å². The van der Waals surface area contributed by atoms with Crippen molar-refractivity contribution in [1.82, 2.24) is 15.2 Å². The van der Waals surface area contributed by atoms with Gasteiger partial charge < -0.3 is 19.9 Å². The number of aromatic nitrogens is 1. The number of halogens is 1. The molecule has 5 nitrogen and oxygen atoms in total. The maximum atomic E-state index is 13.9. The lowest BCUT2D eigenvalue weighted by Gasteiger charge is -2.12. The summed E-state index contributed by atoms with van der Waals surface area (Å²) in [6.07, 6.45) is 1.83. The summed E-state index contributed by atoms with van der Waals surface area (Å²) in [4.78, 5) is 11.8. The molecule has 1 aromatic heterocycles. The molecule has 2 amide bonds. The summed E-state index contributed by atoms with van der Waals surface area (Å²) < 4.78 is 21.1. The van der Waals surface area contributed by atoms with Gasteiger partial charge >= 0.3 is 6.03 Å². The Balaban J connectivity index is 1.82. The molecular weight excluding hydrogens is 297 g/mol. The summed E-state index contributed by atoms with van der Waals surface area (Å²) in [5, 5.41) is 5.46. The standard InChI is InChI=1S/C17H22FN3O2/c1-12(2)23-16-7-6-13(9-15(16)18)10-19-17(22)20-11-14-5-4-8-21(14)3/h4-9,12H,10-11H2,1-3H3,(H2,19,20,22). The van der Waals surface area contributed by atoms with E-state index in [0.717, 1.165) is 5.69 Å². The van der Waals surface area contributed by atoms with Gasteiger partial charge in [0.2, 0.25) is 0 Å². The highest BCUT2D eigenvalue weighted by atomic mass is 19.1. The van der Waals surface area contributed by atoms with Crippen molar-refractivity contribution in [2.45, 2.75) is 33.0 Å². The fourth-order valence-electron chi connectivity index (χ4n) is 2.10. The van der Waals surface area contributed by atoms with Crippen molar-refractivity contribution < 1.29 is 13.9 Å². The molecule has 0 fully saturated rings. The molecule has 0 aliphatic heterocycles. The third-order valence-electron chi connectivity index (χ3n) is 3.29. The molecule has 0 saturated carbocycles. The molecule has 23 heavy (non-hydrogen) atoms. The quantitative estimate of drug-likeness (QED) is 0.860. The summed E-state index contributed by atoms with van der Waals surface area (Å²) in [5.74, 6) is -0.209. The third kappa shape index (κ3) is 5.02. The molecule has 0 aliphatic carbocycles. The van der Waals surface area contributed by atoms with E-state index < -0.39 is 5.82 Å². The van der Waals surface area contributed by atoms with Crippen LogP contribution in [0.25, 0.3) is 0 Å². The second kappa shape index (κ2) is 7.67. The molecule has 2 rings (SSSR count). The first-order valence-electron chi connectivity index (χ1n) is 7.52. The van der Waals surface area contributed by atoms with Crippen molar-refractivity contribution in [3.05, 3.63) is 53.6 Å². The van der Waals surface area contributed by atoms with Crippen LogP contribution in [-0.4, -0.2) is 16.7 Å². The predicted octanol–water partition coefficient (Wildman–Crippen LogP) is 2.95. The Morgan fingerprint density at radius 1 is 1.26 bits per heavy atom. The van der Waals surface area contributed by atoms with Crippen LogP contribution in [0.2, 0.25) is 0 Å². The van der Waals surface area contributed by atoms with Crippen LogP contribution in [0, 0.1) is 5.82 Å². The molecule has 0 unspecified atom stereocenters. The minimum absolute atomic E-state index is 0.0863. The number of nitrogens with zero attached hydrogens (tertiary/aromatic N) is 1. The monoisotopic (exact) mass is 319 g/mol. The molecule has 1 aromatic carbocycles. The van der Waals surface area contributed by atoms with Gasteiger partial charge in [-0.2, -0.15) is 0 Å². The van der Waals surface area contributed by atoms with Gasteiger partial charge in [0.05, 0.1) is 12.6 Å². The van der Waals surface area contributed by atoms with E-state index in [1.54, 1.807) is 12.1 Å². The number of rotatable bonds is 6. The fraction of sp³-hybridized carbons (Fsp3) is 0.353. The van der Waals surface area contributed by atoms with Gasteiger partial charge in [0, 0.05) is 25.5 Å². The zero-order valence-electron chi connectivity index (χ0n) is 13.6. The molecule has 0 radical (unpaired) electrons. The first-order valence-corrected chi connectivity index (χ1v) is 7.52. The Morgan fingerprint density at radius 3 is 2.61 bits per heavy atom. The SMILES string of the molecule is CC(C)Oc1ccc(CNC(=O)NCc2cccn2C)cc1F. The summed E-state index contributed by atoms with van der Waals surface area (Å²) in [6, 6.07) is 8.23. The highest BCUT2D eigenvalue weighted by Gasteiger charge is 2.08. The predicted molar refractivity (Wildman–Crippen MR) is 86.7 cm³/mol. The molecule has 1 heterocycles. The van der Waals surface area contributed by atoms with Crippen LogP contribution in [0.15, 0.2) is 36.5 Å². The van der Waals surface area contributed by atoms with E-state index in [0.29, 0.717) is 12.1 Å². The Bertz CT molecular complexity index is 668. The molecule has 0 bridgehead atoms. The minimum atomic E-state index is -0.429. The van der Waals surface area contributed by atoms with E-state index in [-0.39, 0.29) is 24.4 Å². The second-order valence-electron chi connectivity index (χ2n) is 5.58. The van der Waals surface area contributed by atoms with Gasteiger partial charge in [0.15, 0.2) is 11.6 Å². The van der Waals surface area contributed by atoms with E-state index in [2.05, 4.69) is 10.6 Å². The number of carbonyl (C=O) groups excluding carboxylic acids is 1. The topological polar surface area (TPSA) is 55.3 Å². The van der Waals surface area contributed by atoms with Gasteiger partial charge in [0.25, 0.3) is 0 Å². The van der Waals surface area contributed by atoms with Crippen LogP contribution in [0.1, 0.15) is 25.1 Å². The Morgan fingerprint density at radius 2 is 2.00 bits per heavy atom. The smallest absolute Gasteiger partial charge is 0.315 e. The zero-order chi connectivity index (χ0) is 16.8. The van der Waals surface area contributed by atoms with E-state index in [9.17, 15) is 9.18 Å². The molecule has 2 aromatic rings. The van der Waals surface area contributed by atoms with E-state index in [4.69, 9.17) is 4.74 Å². The molecular formula is C17H22FN3O2. The van der Waals surface area contributed by atoms with Gasteiger partial charge in [-0.3, -0.25) is 0 Å². The number of urea groups is 1. The van der Waals surface area contributed by atoms with Gasteiger partial charge in [0.1, 0.15) is 0 Å². The number of hydrogen-bond acceptors (Lipinski definition) is 2. The van der Waals surface area contributed by atoms with Crippen molar-refractivity contribution >= 4 is 6.03 Å². The van der Waals surface area contributed by atoms with E-state index in [1.165, 1.54) is 6.07 Å². The average Bonchev–Trinajstić information content (AvgIpc) is 2.90. The fourth-order valence-corrected chi connectivity index (χ4v) is 2.10. The van der Waals surface area contributed by atoms with Gasteiger partial charge in [-0.25, -0.2) is 9.18 Å². The zero-order valence-corrected chi connectivity index (χ0v) is 13.6. The van der Waals surface area contributed by atoms with Crippen LogP contribution in [0.5, 0.6) is 5.75 Å². The van der Waals surface area contributed by atoms with Crippen molar-refractivity contribution in [1.29, 1.82) is 0 Å². The maximum absolute atomic E-state index is 13.9. The van der Waals surface area contributed by atoms with Crippen LogP contribution in [0.4, 0.5) is 9.18 Å².